The van der Waals surface area contributed by atoms with Gasteiger partial charge < -0.3 is 38.3 Å². The van der Waals surface area contributed by atoms with Crippen molar-refractivity contribution < 1.29 is 68.4 Å². The minimum Gasteiger partial charge on any atom is -0.484 e. The van der Waals surface area contributed by atoms with Crippen LogP contribution in [-0.4, -0.2) is 119 Å². The average molecular weight is 751 g/mol. The molecule has 0 amide bonds. The molecule has 3 aliphatic heterocycles. The summed E-state index contributed by atoms with van der Waals surface area (Å²) >= 11 is 0. The van der Waals surface area contributed by atoms with Crippen LogP contribution in [0.4, 0.5) is 0 Å². The highest BCUT2D eigenvalue weighted by atomic mass is 31.1. The second-order valence-corrected chi connectivity index (χ2v) is 12.0. The fourth-order valence-corrected chi connectivity index (χ4v) is 3.59. The van der Waals surface area contributed by atoms with Crippen molar-refractivity contribution >= 4 is 44.5 Å². The monoisotopic (exact) mass is 750 g/mol. The van der Waals surface area contributed by atoms with Crippen LogP contribution in [0.1, 0.15) is 74.5 Å². The van der Waals surface area contributed by atoms with E-state index in [9.17, 15) is 24.0 Å². The van der Waals surface area contributed by atoms with Crippen LogP contribution < -0.4 is 0 Å². The molecule has 0 aliphatic carbocycles. The number of aldehydes is 1. The molecule has 0 radical (unpaired) electrons. The summed E-state index contributed by atoms with van der Waals surface area (Å²) < 4.78 is 39.6. The Bertz CT molecular complexity index is 1080. The van der Waals surface area contributed by atoms with Gasteiger partial charge in [0, 0.05) is 27.7 Å². The van der Waals surface area contributed by atoms with E-state index in [4.69, 9.17) is 25.5 Å². The van der Waals surface area contributed by atoms with Gasteiger partial charge in [0.1, 0.15) is 12.9 Å². The topological polar surface area (TPSA) is 187 Å². The van der Waals surface area contributed by atoms with E-state index < -0.39 is 34.8 Å². The van der Waals surface area contributed by atoms with Crippen LogP contribution in [0.25, 0.3) is 0 Å². The number of allylic oxidation sites excluding steroid dienone is 2. The molecule has 0 saturated carbocycles. The van der Waals surface area contributed by atoms with Gasteiger partial charge in [-0.15, -0.1) is 8.58 Å². The largest absolute Gasteiger partial charge is 0.484 e. The predicted molar refractivity (Wildman–Crippen MR) is 196 cm³/mol. The number of Topliss-reactive ketones (excluding diaryl/α,β-unsaturated/α-hetero) is 1. The van der Waals surface area contributed by atoms with Gasteiger partial charge in [-0.3, -0.25) is 9.59 Å². The van der Waals surface area contributed by atoms with Gasteiger partial charge in [0.2, 0.25) is 11.2 Å². The number of carbonyl (C=O) groups excluding carboxylic acids is 6. The smallest absolute Gasteiger partial charge is 0.448 e. The van der Waals surface area contributed by atoms with E-state index in [-0.39, 0.29) is 36.5 Å². The van der Waals surface area contributed by atoms with Crippen molar-refractivity contribution in [2.45, 2.75) is 96.0 Å². The fourth-order valence-electron chi connectivity index (χ4n) is 3.59. The number of esters is 4. The first-order valence-corrected chi connectivity index (χ1v) is 17.9. The molecule has 3 aliphatic rings. The van der Waals surface area contributed by atoms with Crippen molar-refractivity contribution in [3.63, 3.8) is 0 Å². The zero-order valence-corrected chi connectivity index (χ0v) is 33.1. The minimum absolute atomic E-state index is 0.0194. The highest BCUT2D eigenvalue weighted by Crippen LogP contribution is 2.26. The molecular formula is C36H62O14P+. The lowest BCUT2D eigenvalue weighted by atomic mass is 9.95. The van der Waals surface area contributed by atoms with Gasteiger partial charge in [-0.2, -0.15) is 4.79 Å². The third-order valence-corrected chi connectivity index (χ3v) is 6.62. The van der Waals surface area contributed by atoms with Gasteiger partial charge in [-0.05, 0) is 71.9 Å². The zero-order valence-electron chi connectivity index (χ0n) is 33.1. The number of aliphatic hydroxyl groups excluding tert-OH is 1. The molecular weight excluding hydrogens is 687 g/mol. The zero-order chi connectivity index (χ0) is 41.4. The summed E-state index contributed by atoms with van der Waals surface area (Å²) in [5, 5.41) is 9.12. The highest BCUT2D eigenvalue weighted by molar-refractivity contribution is 7.35. The average Bonchev–Trinajstić information content (AvgIpc) is 3.14. The lowest BCUT2D eigenvalue weighted by Crippen LogP contribution is -2.45. The Labute approximate surface area is 307 Å². The maximum absolute atomic E-state index is 11.2. The molecule has 4 unspecified atom stereocenters. The number of carbonyl (C=O) groups is 6. The molecule has 0 spiro atoms. The molecule has 0 aromatic heterocycles. The van der Waals surface area contributed by atoms with Crippen molar-refractivity contribution in [1.29, 1.82) is 0 Å². The van der Waals surface area contributed by atoms with E-state index in [2.05, 4.69) is 52.4 Å². The number of aliphatic hydroxyl groups is 1. The molecule has 15 heteroatoms. The van der Waals surface area contributed by atoms with Crippen LogP contribution in [0.2, 0.25) is 0 Å². The Hall–Kier alpha value is -3.58. The molecule has 14 nitrogen and oxygen atoms in total. The number of rotatable bonds is 5. The van der Waals surface area contributed by atoms with Gasteiger partial charge in [-0.25, -0.2) is 14.4 Å². The molecule has 3 rings (SSSR count). The summed E-state index contributed by atoms with van der Waals surface area (Å²) in [6.45, 7) is 21.5. The van der Waals surface area contributed by atoms with Crippen molar-refractivity contribution in [1.82, 2.24) is 0 Å². The molecule has 0 bridgehead atoms. The third-order valence-electron chi connectivity index (χ3n) is 6.62. The van der Waals surface area contributed by atoms with Crippen molar-refractivity contribution in [3.8, 4) is 0 Å². The standard InChI is InChI=1S/C8H14O4.C8H12O4.C8H12O3.C5H7O2.C3H4O.C2H7P.C2H6/c2*1-8(7(10)11-2)4-3-6(9)5-12-8;1-8(7(9)10-2)5-3-4-6-11-8;1-4(2)5(6)7-3;1-2-3-4;1-3-2;1-2/h6,9H,3-5H2,1-2H3;3-5H2,1-2H3;4,6H,3,5H2,1-2H3;1-2H2,3H3;2-3H,1H2;3H,1-2H3;1-2H3/q;;;+1;;;/i;;;;;;1D. The first-order chi connectivity index (χ1) is 24.3. The van der Waals surface area contributed by atoms with Gasteiger partial charge in [0.25, 0.3) is 0 Å². The number of ketones is 1. The molecule has 1 N–H and O–H groups in total. The third kappa shape index (κ3) is 24.3. The summed E-state index contributed by atoms with van der Waals surface area (Å²) in [5.41, 5.74) is -2.34. The molecule has 3 heterocycles. The Kier molecular flexibility index (Phi) is 31.7. The lowest BCUT2D eigenvalue weighted by Gasteiger charge is -2.33. The Balaban J connectivity index is -0.000000275. The van der Waals surface area contributed by atoms with Gasteiger partial charge in [-0.1, -0.05) is 20.4 Å². The number of ether oxygens (including phenoxy) is 7. The van der Waals surface area contributed by atoms with Gasteiger partial charge >= 0.3 is 23.9 Å². The predicted octanol–water partition coefficient (Wildman–Crippen LogP) is 4.50. The Morgan fingerprint density at radius 3 is 1.69 bits per heavy atom. The summed E-state index contributed by atoms with van der Waals surface area (Å²) in [6.07, 6.45) is 8.31. The number of hydrogen-bond acceptors (Lipinski definition) is 14. The molecule has 294 valence electrons. The van der Waals surface area contributed by atoms with Crippen LogP contribution >= 0.6 is 8.58 Å². The first-order valence-electron chi connectivity index (χ1n) is 16.6. The maximum atomic E-state index is 11.2. The normalized spacial score (nSPS) is 24.0. The summed E-state index contributed by atoms with van der Waals surface area (Å²) in [7, 11) is 6.39. The van der Waals surface area contributed by atoms with Gasteiger partial charge in [0.05, 0.1) is 47.4 Å². The second-order valence-electron chi connectivity index (χ2n) is 11.0. The Morgan fingerprint density at radius 1 is 0.961 bits per heavy atom. The van der Waals surface area contributed by atoms with E-state index in [1.54, 1.807) is 34.0 Å². The van der Waals surface area contributed by atoms with Crippen LogP contribution in [0.3, 0.4) is 0 Å². The van der Waals surface area contributed by atoms with E-state index in [1.807, 2.05) is 6.08 Å². The van der Waals surface area contributed by atoms with Crippen LogP contribution in [0.15, 0.2) is 37.1 Å². The van der Waals surface area contributed by atoms with E-state index >= 15 is 0 Å². The maximum Gasteiger partial charge on any atom is 0.448 e. The first kappa shape index (κ1) is 51.8. The summed E-state index contributed by atoms with van der Waals surface area (Å²) in [6, 6.07) is 0. The fraction of sp³-hybridized carbons (Fsp3) is 0.639. The SMILES string of the molecule is C=C([CH2+])C(=O)OC.C=CC=O.COC(=O)C1(C)CCC(=O)CO1.COC(=O)C1(C)CCC(O)CO1.COC(=O)C1(C)CCC=CO1.CPC.[2H]CC. The number of methoxy groups -OCH3 is 4. The summed E-state index contributed by atoms with van der Waals surface area (Å²) in [4.78, 5) is 63.4. The van der Waals surface area contributed by atoms with Crippen molar-refractivity contribution in [3.05, 3.63) is 44.1 Å². The van der Waals surface area contributed by atoms with Crippen LogP contribution in [-0.2, 0) is 61.9 Å². The van der Waals surface area contributed by atoms with Crippen molar-refractivity contribution in [2.24, 2.45) is 0 Å². The van der Waals surface area contributed by atoms with E-state index in [1.165, 1.54) is 34.5 Å². The second kappa shape index (κ2) is 31.2. The lowest BCUT2D eigenvalue weighted by molar-refractivity contribution is -0.180. The highest BCUT2D eigenvalue weighted by Gasteiger charge is 2.40. The quantitative estimate of drug-likeness (QED) is 0.103. The minimum atomic E-state index is -0.914. The summed E-state index contributed by atoms with van der Waals surface area (Å²) in [5.74, 6) is -1.50. The van der Waals surface area contributed by atoms with E-state index in [0.29, 0.717) is 45.3 Å². The molecule has 51 heavy (non-hydrogen) atoms. The number of hydrogen-bond donors (Lipinski definition) is 1. The van der Waals surface area contributed by atoms with E-state index in [0.717, 1.165) is 15.0 Å². The molecule has 4 atom stereocenters. The Morgan fingerprint density at radius 2 is 1.41 bits per heavy atom. The van der Waals surface area contributed by atoms with Gasteiger partial charge in [0.15, 0.2) is 17.0 Å². The molecule has 0 aromatic rings. The van der Waals surface area contributed by atoms with Crippen LogP contribution in [0.5, 0.6) is 0 Å². The van der Waals surface area contributed by atoms with Crippen LogP contribution in [0, 0.1) is 6.92 Å². The van der Waals surface area contributed by atoms with Crippen molar-refractivity contribution in [2.75, 3.05) is 55.0 Å². The molecule has 2 saturated heterocycles. The molecule has 2 fully saturated rings. The molecule has 0 aromatic carbocycles.